The first-order chi connectivity index (χ1) is 19.8. The van der Waals surface area contributed by atoms with Crippen molar-refractivity contribution in [1.29, 1.82) is 5.26 Å². The zero-order valence-corrected chi connectivity index (χ0v) is 24.4. The lowest BCUT2D eigenvalue weighted by Gasteiger charge is -2.49. The largest absolute Gasteiger partial charge is 0.477 e. The lowest BCUT2D eigenvalue weighted by molar-refractivity contribution is -0.150. The Morgan fingerprint density at radius 2 is 1.95 bits per heavy atom. The topological polar surface area (TPSA) is 195 Å². The van der Waals surface area contributed by atoms with Gasteiger partial charge in [-0.05, 0) is 38.9 Å². The van der Waals surface area contributed by atoms with Crippen molar-refractivity contribution in [2.45, 2.75) is 28.7 Å². The van der Waals surface area contributed by atoms with Crippen molar-refractivity contribution in [1.82, 2.24) is 41.1 Å². The van der Waals surface area contributed by atoms with Crippen molar-refractivity contribution in [2.75, 3.05) is 11.5 Å². The van der Waals surface area contributed by atoms with Gasteiger partial charge in [0.05, 0.1) is 6.07 Å². The van der Waals surface area contributed by atoms with Gasteiger partial charge in [0.25, 0.3) is 5.91 Å². The molecule has 3 unspecified atom stereocenters. The van der Waals surface area contributed by atoms with E-state index in [9.17, 15) is 29.5 Å². The van der Waals surface area contributed by atoms with Crippen LogP contribution in [-0.4, -0.2) is 76.9 Å². The molecule has 4 N–H and O–H groups in total. The summed E-state index contributed by atoms with van der Waals surface area (Å²) >= 11 is 5.14. The Hall–Kier alpha value is -3.92. The number of tetrazole rings is 1. The number of thioether (sulfide) groups is 2. The van der Waals surface area contributed by atoms with Gasteiger partial charge in [0.15, 0.2) is 6.04 Å². The van der Waals surface area contributed by atoms with Crippen LogP contribution in [0.15, 0.2) is 51.5 Å². The maximum absolute atomic E-state index is 13.4. The van der Waals surface area contributed by atoms with E-state index >= 15 is 0 Å². The molecule has 18 heteroatoms. The van der Waals surface area contributed by atoms with Gasteiger partial charge in [-0.2, -0.15) is 5.26 Å². The number of hydrogen-bond donors (Lipinski definition) is 4. The van der Waals surface area contributed by atoms with Gasteiger partial charge in [-0.15, -0.1) is 39.5 Å². The minimum absolute atomic E-state index is 0.115. The number of urea groups is 1. The second-order valence-electron chi connectivity index (χ2n) is 8.67. The third kappa shape index (κ3) is 5.93. The Morgan fingerprint density at radius 1 is 1.22 bits per heavy atom. The summed E-state index contributed by atoms with van der Waals surface area (Å²) in [5.41, 5.74) is 0.424. The van der Waals surface area contributed by atoms with E-state index in [1.165, 1.54) is 55.8 Å². The Bertz CT molecular complexity index is 1530. The Kier molecular flexibility index (Phi) is 8.58. The number of thiophene rings is 2. The number of carboxylic acids is 1. The molecule has 5 heterocycles. The van der Waals surface area contributed by atoms with Gasteiger partial charge >= 0.3 is 12.0 Å². The molecule has 3 aromatic heterocycles. The zero-order chi connectivity index (χ0) is 29.1. The molecule has 3 aromatic rings. The number of nitrogens with zero attached hydrogens (tertiary/aromatic N) is 6. The van der Waals surface area contributed by atoms with Crippen molar-refractivity contribution >= 4 is 70.0 Å². The van der Waals surface area contributed by atoms with Gasteiger partial charge in [-0.25, -0.2) is 14.3 Å². The molecule has 0 aliphatic carbocycles. The quantitative estimate of drug-likeness (QED) is 0.187. The molecule has 2 aliphatic heterocycles. The first-order valence-corrected chi connectivity index (χ1v) is 15.7. The Labute approximate surface area is 249 Å². The number of aliphatic carboxylic acids is 1. The normalized spacial score (nSPS) is 19.4. The van der Waals surface area contributed by atoms with Crippen LogP contribution in [0.4, 0.5) is 4.79 Å². The second-order valence-corrected chi connectivity index (χ2v) is 12.7. The summed E-state index contributed by atoms with van der Waals surface area (Å²) in [6.07, 6.45) is 0. The maximum atomic E-state index is 13.4. The highest BCUT2D eigenvalue weighted by Crippen LogP contribution is 2.41. The van der Waals surface area contributed by atoms with Crippen molar-refractivity contribution in [2.24, 2.45) is 7.05 Å². The second kappa shape index (κ2) is 12.3. The van der Waals surface area contributed by atoms with E-state index < -0.39 is 47.3 Å². The molecule has 0 radical (unpaired) electrons. The average Bonchev–Trinajstić information content (AvgIpc) is 3.75. The van der Waals surface area contributed by atoms with E-state index in [1.807, 2.05) is 6.07 Å². The van der Waals surface area contributed by atoms with E-state index in [0.717, 1.165) is 0 Å². The van der Waals surface area contributed by atoms with E-state index in [2.05, 4.69) is 31.5 Å². The lowest BCUT2D eigenvalue weighted by Crippen LogP contribution is -2.71. The summed E-state index contributed by atoms with van der Waals surface area (Å²) in [6.45, 7) is 0. The number of carbonyl (C=O) groups excluding carboxylic acids is 3. The average molecular weight is 632 g/mol. The number of β-lactam (4-membered cyclic amide) rings is 1. The highest BCUT2D eigenvalue weighted by atomic mass is 32.2. The molecule has 4 atom stereocenters. The molecule has 14 nitrogen and oxygen atoms in total. The van der Waals surface area contributed by atoms with Crippen LogP contribution in [0.5, 0.6) is 0 Å². The number of hydrogen-bond acceptors (Lipinski definition) is 12. The number of carboxylic acid groups (broad SMARTS) is 1. The van der Waals surface area contributed by atoms with E-state index in [-0.39, 0.29) is 11.4 Å². The standard InChI is InChI=1S/C23H21N9O5S4/c1-31-23(28-29-30-31)41-10-11-9-40-20-16(19(34)32(20)17(11)21(35)36)26-18(33)15(14-5-3-7-39-14)27-22(37)25-12(8-24)13-4-2-6-38-13/h2-7,12,15-16,20H,9-10H2,1H3,(H,26,33)(H,35,36)(H2,25,27,37)/t12?,15?,16-,20?/m0/s1. The summed E-state index contributed by atoms with van der Waals surface area (Å²) < 4.78 is 1.46. The number of amides is 4. The van der Waals surface area contributed by atoms with Gasteiger partial charge in [0.2, 0.25) is 11.1 Å². The number of carbonyl (C=O) groups is 4. The number of rotatable bonds is 10. The highest BCUT2D eigenvalue weighted by molar-refractivity contribution is 8.01. The van der Waals surface area contributed by atoms with E-state index in [1.54, 1.807) is 42.1 Å². The molecule has 0 spiro atoms. The van der Waals surface area contributed by atoms with Gasteiger partial charge in [-0.3, -0.25) is 14.5 Å². The van der Waals surface area contributed by atoms with Gasteiger partial charge in [0, 0.05) is 28.3 Å². The summed E-state index contributed by atoms with van der Waals surface area (Å²) in [5.74, 6) is -1.85. The van der Waals surface area contributed by atoms with Crippen LogP contribution in [-0.2, 0) is 21.4 Å². The predicted molar refractivity (Wildman–Crippen MR) is 151 cm³/mol. The Balaban J connectivity index is 1.27. The number of nitrogens with one attached hydrogen (secondary N) is 3. The molecule has 0 bridgehead atoms. The zero-order valence-electron chi connectivity index (χ0n) is 21.1. The number of aromatic nitrogens is 4. The van der Waals surface area contributed by atoms with Crippen molar-refractivity contribution < 1.29 is 24.3 Å². The fraction of sp³-hybridized carbons (Fsp3) is 0.304. The molecule has 5 rings (SSSR count). The summed E-state index contributed by atoms with van der Waals surface area (Å²) in [5, 5.41) is 41.9. The summed E-state index contributed by atoms with van der Waals surface area (Å²) in [4.78, 5) is 53.8. The van der Waals surface area contributed by atoms with Gasteiger partial charge in [-0.1, -0.05) is 23.9 Å². The fourth-order valence-corrected chi connectivity index (χ4v) is 8.00. The van der Waals surface area contributed by atoms with Gasteiger partial charge < -0.3 is 21.1 Å². The number of nitriles is 1. The molecule has 0 saturated carbocycles. The van der Waals surface area contributed by atoms with Crippen LogP contribution in [0.1, 0.15) is 21.8 Å². The summed E-state index contributed by atoms with van der Waals surface area (Å²) in [6, 6.07) is 5.12. The first kappa shape index (κ1) is 28.6. The molecular weight excluding hydrogens is 611 g/mol. The smallest absolute Gasteiger partial charge is 0.352 e. The third-order valence-corrected chi connectivity index (χ3v) is 10.4. The molecule has 2 aliphatic rings. The van der Waals surface area contributed by atoms with Crippen LogP contribution in [0.3, 0.4) is 0 Å². The highest BCUT2D eigenvalue weighted by Gasteiger charge is 2.54. The summed E-state index contributed by atoms with van der Waals surface area (Å²) in [7, 11) is 1.67. The predicted octanol–water partition coefficient (Wildman–Crippen LogP) is 1.47. The van der Waals surface area contributed by atoms with Crippen LogP contribution < -0.4 is 16.0 Å². The minimum Gasteiger partial charge on any atom is -0.477 e. The number of aryl methyl sites for hydroxylation is 1. The molecule has 212 valence electrons. The van der Waals surface area contributed by atoms with Crippen LogP contribution in [0.25, 0.3) is 0 Å². The van der Waals surface area contributed by atoms with E-state index in [0.29, 0.717) is 26.2 Å². The lowest BCUT2D eigenvalue weighted by atomic mass is 10.0. The van der Waals surface area contributed by atoms with Gasteiger partial charge in [0.1, 0.15) is 23.2 Å². The molecular formula is C23H21N9O5S4. The van der Waals surface area contributed by atoms with Crippen molar-refractivity contribution in [3.8, 4) is 6.07 Å². The van der Waals surface area contributed by atoms with Crippen LogP contribution >= 0.6 is 46.2 Å². The molecule has 1 saturated heterocycles. The Morgan fingerprint density at radius 3 is 2.56 bits per heavy atom. The van der Waals surface area contributed by atoms with Crippen molar-refractivity contribution in [3.63, 3.8) is 0 Å². The van der Waals surface area contributed by atoms with Crippen LogP contribution in [0, 0.1) is 11.3 Å². The fourth-order valence-electron chi connectivity index (χ4n) is 4.17. The SMILES string of the molecule is Cn1nnnc1SCC1=C(C(=O)O)N2C(=O)[C@H](NC(=O)C(NC(=O)NC(C#N)c3cccs3)c3cccs3)C2SC1. The number of fused-ring (bicyclic) bond motifs is 1. The molecule has 0 aromatic carbocycles. The minimum atomic E-state index is -1.24. The van der Waals surface area contributed by atoms with E-state index in [4.69, 9.17) is 0 Å². The molecule has 4 amide bonds. The molecule has 1 fully saturated rings. The molecule has 41 heavy (non-hydrogen) atoms. The maximum Gasteiger partial charge on any atom is 0.352 e. The first-order valence-electron chi connectivity index (χ1n) is 11.9. The van der Waals surface area contributed by atoms with Crippen molar-refractivity contribution in [3.05, 3.63) is 56.1 Å². The third-order valence-electron chi connectivity index (χ3n) is 6.10. The van der Waals surface area contributed by atoms with Crippen LogP contribution in [0.2, 0.25) is 0 Å². The monoisotopic (exact) mass is 631 g/mol.